The van der Waals surface area contributed by atoms with E-state index in [1.54, 1.807) is 7.05 Å². The average Bonchev–Trinajstić information content (AvgIpc) is 3.36. The standard InChI is InChI=1S/C30H28F2N4O3/c1-36-24-12-6-5-11-23(24)26(20-9-3-2-4-10-20)33-27(28(36)38)34-29(39)30(13-7-8-14-30)35-25(37)17-19-15-21(31)18-22(32)16-19/h2-6,9-12,15-16,18,27H,7-8,13-14,17H2,1H3,(H,34,39)(H,35,37)/t27-/m1/s1. The fraction of sp³-hybridized carbons (Fsp3) is 0.267. The van der Waals surface area contributed by atoms with Gasteiger partial charge in [0.15, 0.2) is 0 Å². The number of hydrogen-bond acceptors (Lipinski definition) is 4. The summed E-state index contributed by atoms with van der Waals surface area (Å²) in [6.07, 6.45) is 0.621. The number of hydrogen-bond donors (Lipinski definition) is 2. The molecule has 5 rings (SSSR count). The number of rotatable bonds is 6. The van der Waals surface area contributed by atoms with Crippen LogP contribution in [0.25, 0.3) is 0 Å². The van der Waals surface area contributed by atoms with Crippen molar-refractivity contribution in [2.24, 2.45) is 4.99 Å². The third-order valence-corrected chi connectivity index (χ3v) is 7.22. The zero-order chi connectivity index (χ0) is 27.6. The Balaban J connectivity index is 1.42. The van der Waals surface area contributed by atoms with E-state index in [9.17, 15) is 23.2 Å². The molecule has 2 N–H and O–H groups in total. The Morgan fingerprint density at radius 3 is 2.31 bits per heavy atom. The summed E-state index contributed by atoms with van der Waals surface area (Å²) in [5.74, 6) is -3.04. The van der Waals surface area contributed by atoms with Gasteiger partial charge in [-0.1, -0.05) is 61.4 Å². The predicted octanol–water partition coefficient (Wildman–Crippen LogP) is 3.89. The fourth-order valence-electron chi connectivity index (χ4n) is 5.30. The first kappa shape index (κ1) is 26.2. The number of amides is 3. The molecule has 1 aliphatic heterocycles. The minimum Gasteiger partial charge on any atom is -0.341 e. The van der Waals surface area contributed by atoms with Gasteiger partial charge in [-0.2, -0.15) is 0 Å². The molecule has 3 amide bonds. The van der Waals surface area contributed by atoms with E-state index < -0.39 is 41.1 Å². The molecule has 1 heterocycles. The molecular weight excluding hydrogens is 502 g/mol. The second kappa shape index (κ2) is 10.8. The molecule has 3 aromatic rings. The van der Waals surface area contributed by atoms with Crippen molar-refractivity contribution in [1.29, 1.82) is 0 Å². The van der Waals surface area contributed by atoms with Crippen LogP contribution in [0.4, 0.5) is 14.5 Å². The number of carbonyl (C=O) groups excluding carboxylic acids is 3. The molecule has 3 aromatic carbocycles. The Morgan fingerprint density at radius 1 is 0.974 bits per heavy atom. The molecule has 0 saturated heterocycles. The molecule has 2 aliphatic rings. The third-order valence-electron chi connectivity index (χ3n) is 7.22. The number of fused-ring (bicyclic) bond motifs is 1. The van der Waals surface area contributed by atoms with Crippen LogP contribution in [-0.4, -0.2) is 42.2 Å². The Hall–Kier alpha value is -4.40. The predicted molar refractivity (Wildman–Crippen MR) is 143 cm³/mol. The Morgan fingerprint density at radius 2 is 1.62 bits per heavy atom. The van der Waals surface area contributed by atoms with Crippen molar-refractivity contribution in [2.75, 3.05) is 11.9 Å². The lowest BCUT2D eigenvalue weighted by atomic mass is 9.95. The van der Waals surface area contributed by atoms with Gasteiger partial charge in [0.1, 0.15) is 17.2 Å². The van der Waals surface area contributed by atoms with Gasteiger partial charge in [-0.25, -0.2) is 13.8 Å². The number of benzene rings is 3. The Labute approximate surface area is 224 Å². The maximum Gasteiger partial charge on any atom is 0.272 e. The average molecular weight is 531 g/mol. The van der Waals surface area contributed by atoms with E-state index in [4.69, 9.17) is 4.99 Å². The Bertz CT molecular complexity index is 1430. The summed E-state index contributed by atoms with van der Waals surface area (Å²) in [5, 5.41) is 5.59. The first-order valence-electron chi connectivity index (χ1n) is 12.8. The second-order valence-corrected chi connectivity index (χ2v) is 9.93. The number of carbonyl (C=O) groups is 3. The SMILES string of the molecule is CN1C(=O)[C@@H](NC(=O)C2(NC(=O)Cc3cc(F)cc(F)c3)CCCC2)N=C(c2ccccc2)c2ccccc21. The summed E-state index contributed by atoms with van der Waals surface area (Å²) < 4.78 is 27.2. The van der Waals surface area contributed by atoms with E-state index >= 15 is 0 Å². The number of anilines is 1. The molecule has 0 unspecified atom stereocenters. The van der Waals surface area contributed by atoms with Gasteiger partial charge in [-0.15, -0.1) is 0 Å². The van der Waals surface area contributed by atoms with Crippen LogP contribution in [0.5, 0.6) is 0 Å². The van der Waals surface area contributed by atoms with Gasteiger partial charge >= 0.3 is 0 Å². The van der Waals surface area contributed by atoms with Crippen LogP contribution in [0, 0.1) is 11.6 Å². The molecule has 0 aromatic heterocycles. The van der Waals surface area contributed by atoms with E-state index in [1.807, 2.05) is 54.6 Å². The van der Waals surface area contributed by atoms with Crippen LogP contribution in [0.1, 0.15) is 42.4 Å². The van der Waals surface area contributed by atoms with Crippen molar-refractivity contribution in [3.05, 3.63) is 101 Å². The Kier molecular flexibility index (Phi) is 7.24. The van der Waals surface area contributed by atoms with E-state index in [0.717, 1.165) is 29.3 Å². The monoisotopic (exact) mass is 530 g/mol. The van der Waals surface area contributed by atoms with Crippen LogP contribution < -0.4 is 15.5 Å². The molecule has 9 heteroatoms. The zero-order valence-corrected chi connectivity index (χ0v) is 21.4. The largest absolute Gasteiger partial charge is 0.341 e. The highest BCUT2D eigenvalue weighted by Gasteiger charge is 2.44. The maximum atomic E-state index is 13.7. The number of para-hydroxylation sites is 1. The number of halogens is 2. The van der Waals surface area contributed by atoms with Gasteiger partial charge in [0, 0.05) is 24.2 Å². The molecule has 1 aliphatic carbocycles. The molecule has 200 valence electrons. The van der Waals surface area contributed by atoms with E-state index in [-0.39, 0.29) is 12.0 Å². The van der Waals surface area contributed by atoms with Crippen LogP contribution in [0.2, 0.25) is 0 Å². The summed E-state index contributed by atoms with van der Waals surface area (Å²) in [6, 6.07) is 19.7. The van der Waals surface area contributed by atoms with Crippen molar-refractivity contribution in [3.63, 3.8) is 0 Å². The molecular formula is C30H28F2N4O3. The summed E-state index contributed by atoms with van der Waals surface area (Å²) in [7, 11) is 1.63. The summed E-state index contributed by atoms with van der Waals surface area (Å²) in [4.78, 5) is 46.3. The number of nitrogens with one attached hydrogen (secondary N) is 2. The number of aliphatic imine (C=N–C) groups is 1. The minimum absolute atomic E-state index is 0.161. The first-order valence-corrected chi connectivity index (χ1v) is 12.8. The number of nitrogens with zero attached hydrogens (tertiary/aromatic N) is 2. The molecule has 7 nitrogen and oxygen atoms in total. The van der Waals surface area contributed by atoms with Crippen molar-refractivity contribution in [2.45, 2.75) is 43.8 Å². The highest BCUT2D eigenvalue weighted by molar-refractivity contribution is 6.20. The number of benzodiazepines with no additional fused rings is 1. The molecule has 1 saturated carbocycles. The van der Waals surface area contributed by atoms with Crippen molar-refractivity contribution >= 4 is 29.1 Å². The topological polar surface area (TPSA) is 90.9 Å². The molecule has 0 bridgehead atoms. The van der Waals surface area contributed by atoms with E-state index in [2.05, 4.69) is 10.6 Å². The quantitative estimate of drug-likeness (QED) is 0.507. The van der Waals surface area contributed by atoms with Crippen LogP contribution in [0.15, 0.2) is 77.8 Å². The highest BCUT2D eigenvalue weighted by atomic mass is 19.1. The van der Waals surface area contributed by atoms with Crippen molar-refractivity contribution < 1.29 is 23.2 Å². The lowest BCUT2D eigenvalue weighted by Gasteiger charge is -2.31. The molecule has 39 heavy (non-hydrogen) atoms. The molecule has 0 spiro atoms. The van der Waals surface area contributed by atoms with Crippen molar-refractivity contribution in [1.82, 2.24) is 10.6 Å². The van der Waals surface area contributed by atoms with Gasteiger partial charge in [0.2, 0.25) is 18.0 Å². The van der Waals surface area contributed by atoms with Crippen LogP contribution >= 0.6 is 0 Å². The summed E-state index contributed by atoms with van der Waals surface area (Å²) >= 11 is 0. The second-order valence-electron chi connectivity index (χ2n) is 9.93. The lowest BCUT2D eigenvalue weighted by Crippen LogP contribution is -2.60. The van der Waals surface area contributed by atoms with Crippen LogP contribution in [0.3, 0.4) is 0 Å². The fourth-order valence-corrected chi connectivity index (χ4v) is 5.30. The van der Waals surface area contributed by atoms with Gasteiger partial charge in [-0.3, -0.25) is 14.4 Å². The number of likely N-dealkylation sites (N-methyl/N-ethyl adjacent to an activating group) is 1. The minimum atomic E-state index is -1.26. The van der Waals surface area contributed by atoms with E-state index in [0.29, 0.717) is 37.1 Å². The normalized spacial score (nSPS) is 18.1. The van der Waals surface area contributed by atoms with Gasteiger partial charge in [0.25, 0.3) is 5.91 Å². The maximum absolute atomic E-state index is 13.7. The van der Waals surface area contributed by atoms with Crippen molar-refractivity contribution in [3.8, 4) is 0 Å². The zero-order valence-electron chi connectivity index (χ0n) is 21.4. The van der Waals surface area contributed by atoms with Crippen LogP contribution in [-0.2, 0) is 20.8 Å². The first-order chi connectivity index (χ1) is 18.8. The highest BCUT2D eigenvalue weighted by Crippen LogP contribution is 2.31. The molecule has 0 radical (unpaired) electrons. The van der Waals surface area contributed by atoms with Gasteiger partial charge < -0.3 is 15.5 Å². The molecule has 1 fully saturated rings. The van der Waals surface area contributed by atoms with Gasteiger partial charge in [-0.05, 0) is 36.6 Å². The third kappa shape index (κ3) is 5.43. The lowest BCUT2D eigenvalue weighted by molar-refractivity contribution is -0.135. The van der Waals surface area contributed by atoms with Gasteiger partial charge in [0.05, 0.1) is 17.8 Å². The summed E-state index contributed by atoms with van der Waals surface area (Å²) in [5.41, 5.74) is 1.67. The smallest absolute Gasteiger partial charge is 0.272 e. The summed E-state index contributed by atoms with van der Waals surface area (Å²) in [6.45, 7) is 0. The molecule has 1 atom stereocenters. The van der Waals surface area contributed by atoms with E-state index in [1.165, 1.54) is 4.90 Å².